The van der Waals surface area contributed by atoms with Gasteiger partial charge >= 0.3 is 5.97 Å². The number of carboxylic acids is 1. The average molecular weight is 230 g/mol. The van der Waals surface area contributed by atoms with Crippen LogP contribution in [0.15, 0.2) is 0 Å². The maximum absolute atomic E-state index is 11.9. The Balaban J connectivity index is 4.32. The molecule has 0 heterocycles. The van der Waals surface area contributed by atoms with Crippen LogP contribution in [-0.2, 0) is 9.59 Å². The Kier molecular flexibility index (Phi) is 6.92. The lowest BCUT2D eigenvalue weighted by atomic mass is 10.0. The lowest BCUT2D eigenvalue weighted by Crippen LogP contribution is -2.48. The number of likely N-dealkylation sites (N-methyl/N-ethyl adjacent to an activating group) is 1. The number of rotatable bonds is 8. The Morgan fingerprint density at radius 3 is 2.25 bits per heavy atom. The molecule has 0 aliphatic rings. The van der Waals surface area contributed by atoms with Crippen molar-refractivity contribution in [2.45, 2.75) is 51.7 Å². The SMILES string of the molecule is CCC(C)NC(C)C(=O)C(CC(=O)O)NC. The molecule has 3 atom stereocenters. The van der Waals surface area contributed by atoms with Gasteiger partial charge in [-0.1, -0.05) is 6.92 Å². The third-order valence-electron chi connectivity index (χ3n) is 2.64. The first kappa shape index (κ1) is 15.1. The number of carboxylic acid groups (broad SMARTS) is 1. The third kappa shape index (κ3) is 5.23. The van der Waals surface area contributed by atoms with Crippen molar-refractivity contribution >= 4 is 11.8 Å². The Hall–Kier alpha value is -0.940. The highest BCUT2D eigenvalue weighted by Gasteiger charge is 2.25. The number of ketones is 1. The molecular weight excluding hydrogens is 208 g/mol. The first-order valence-corrected chi connectivity index (χ1v) is 5.61. The van der Waals surface area contributed by atoms with Gasteiger partial charge in [-0.3, -0.25) is 9.59 Å². The van der Waals surface area contributed by atoms with E-state index in [-0.39, 0.29) is 24.3 Å². The zero-order valence-corrected chi connectivity index (χ0v) is 10.4. The molecule has 0 aromatic carbocycles. The van der Waals surface area contributed by atoms with Crippen LogP contribution in [0.4, 0.5) is 0 Å². The maximum atomic E-state index is 11.9. The highest BCUT2D eigenvalue weighted by molar-refractivity contribution is 5.91. The van der Waals surface area contributed by atoms with Crippen molar-refractivity contribution in [3.63, 3.8) is 0 Å². The van der Waals surface area contributed by atoms with Crippen LogP contribution in [0.25, 0.3) is 0 Å². The monoisotopic (exact) mass is 230 g/mol. The molecule has 0 aromatic rings. The zero-order valence-electron chi connectivity index (χ0n) is 10.4. The molecular formula is C11H22N2O3. The minimum atomic E-state index is -0.969. The molecule has 94 valence electrons. The molecule has 3 N–H and O–H groups in total. The second-order valence-electron chi connectivity index (χ2n) is 4.04. The molecule has 5 nitrogen and oxygen atoms in total. The number of hydrogen-bond acceptors (Lipinski definition) is 4. The smallest absolute Gasteiger partial charge is 0.305 e. The topological polar surface area (TPSA) is 78.4 Å². The van der Waals surface area contributed by atoms with E-state index in [1.807, 2.05) is 13.8 Å². The highest BCUT2D eigenvalue weighted by Crippen LogP contribution is 2.00. The van der Waals surface area contributed by atoms with Gasteiger partial charge in [0.25, 0.3) is 0 Å². The molecule has 5 heteroatoms. The third-order valence-corrected chi connectivity index (χ3v) is 2.64. The van der Waals surface area contributed by atoms with Crippen molar-refractivity contribution in [3.05, 3.63) is 0 Å². The molecule has 16 heavy (non-hydrogen) atoms. The van der Waals surface area contributed by atoms with E-state index in [4.69, 9.17) is 5.11 Å². The number of carbonyl (C=O) groups is 2. The fraction of sp³-hybridized carbons (Fsp3) is 0.818. The van der Waals surface area contributed by atoms with Crippen molar-refractivity contribution < 1.29 is 14.7 Å². The molecule has 0 saturated heterocycles. The summed E-state index contributed by atoms with van der Waals surface area (Å²) in [7, 11) is 1.60. The predicted octanol–water partition coefficient (Wildman–Crippen LogP) is 0.395. The van der Waals surface area contributed by atoms with Gasteiger partial charge in [-0.2, -0.15) is 0 Å². The van der Waals surface area contributed by atoms with Crippen LogP contribution >= 0.6 is 0 Å². The second kappa shape index (κ2) is 7.35. The van der Waals surface area contributed by atoms with Gasteiger partial charge in [0.2, 0.25) is 0 Å². The van der Waals surface area contributed by atoms with E-state index in [2.05, 4.69) is 10.6 Å². The lowest BCUT2D eigenvalue weighted by molar-refractivity contribution is -0.139. The maximum Gasteiger partial charge on any atom is 0.305 e. The lowest BCUT2D eigenvalue weighted by Gasteiger charge is -2.22. The van der Waals surface area contributed by atoms with Crippen molar-refractivity contribution in [2.75, 3.05) is 7.05 Å². The Morgan fingerprint density at radius 2 is 1.88 bits per heavy atom. The van der Waals surface area contributed by atoms with Gasteiger partial charge in [-0.25, -0.2) is 0 Å². The molecule has 0 fully saturated rings. The minimum Gasteiger partial charge on any atom is -0.481 e. The molecule has 0 aliphatic heterocycles. The van der Waals surface area contributed by atoms with Crippen molar-refractivity contribution in [2.24, 2.45) is 0 Å². The Morgan fingerprint density at radius 1 is 1.31 bits per heavy atom. The summed E-state index contributed by atoms with van der Waals surface area (Å²) in [5.41, 5.74) is 0. The summed E-state index contributed by atoms with van der Waals surface area (Å²) in [6.45, 7) is 5.79. The molecule has 0 radical (unpaired) electrons. The van der Waals surface area contributed by atoms with Crippen molar-refractivity contribution in [1.29, 1.82) is 0 Å². The van der Waals surface area contributed by atoms with E-state index >= 15 is 0 Å². The molecule has 0 amide bonds. The fourth-order valence-corrected chi connectivity index (χ4v) is 1.45. The van der Waals surface area contributed by atoms with Crippen LogP contribution in [0.1, 0.15) is 33.6 Å². The summed E-state index contributed by atoms with van der Waals surface area (Å²) >= 11 is 0. The predicted molar refractivity (Wildman–Crippen MR) is 62.5 cm³/mol. The normalized spacial score (nSPS) is 16.5. The Bertz CT molecular complexity index is 243. The zero-order chi connectivity index (χ0) is 12.7. The van der Waals surface area contributed by atoms with E-state index in [0.29, 0.717) is 0 Å². The van der Waals surface area contributed by atoms with E-state index in [9.17, 15) is 9.59 Å². The highest BCUT2D eigenvalue weighted by atomic mass is 16.4. The van der Waals surface area contributed by atoms with Crippen LogP contribution in [0.5, 0.6) is 0 Å². The van der Waals surface area contributed by atoms with Gasteiger partial charge < -0.3 is 15.7 Å². The van der Waals surface area contributed by atoms with Gasteiger partial charge in [-0.15, -0.1) is 0 Å². The molecule has 0 rings (SSSR count). The van der Waals surface area contributed by atoms with Crippen molar-refractivity contribution in [1.82, 2.24) is 10.6 Å². The first-order chi connectivity index (χ1) is 7.42. The largest absolute Gasteiger partial charge is 0.481 e. The van der Waals surface area contributed by atoms with Crippen LogP contribution in [0.3, 0.4) is 0 Å². The number of aliphatic carboxylic acids is 1. The number of carbonyl (C=O) groups excluding carboxylic acids is 1. The van der Waals surface area contributed by atoms with E-state index in [0.717, 1.165) is 6.42 Å². The summed E-state index contributed by atoms with van der Waals surface area (Å²) in [5.74, 6) is -1.08. The van der Waals surface area contributed by atoms with Gasteiger partial charge in [0.05, 0.1) is 18.5 Å². The Labute approximate surface area is 96.6 Å². The van der Waals surface area contributed by atoms with Crippen LogP contribution in [-0.4, -0.2) is 42.0 Å². The van der Waals surface area contributed by atoms with Crippen molar-refractivity contribution in [3.8, 4) is 0 Å². The minimum absolute atomic E-state index is 0.106. The summed E-state index contributed by atoms with van der Waals surface area (Å²) in [4.78, 5) is 22.4. The quantitative estimate of drug-likeness (QED) is 0.562. The van der Waals surface area contributed by atoms with E-state index in [1.165, 1.54) is 0 Å². The number of Topliss-reactive ketones (excluding diaryl/α,β-unsaturated/α-hetero) is 1. The van der Waals surface area contributed by atoms with Gasteiger partial charge in [0.15, 0.2) is 5.78 Å². The summed E-state index contributed by atoms with van der Waals surface area (Å²) in [5, 5.41) is 14.5. The summed E-state index contributed by atoms with van der Waals surface area (Å²) in [6.07, 6.45) is 0.753. The van der Waals surface area contributed by atoms with Crippen LogP contribution < -0.4 is 10.6 Å². The number of hydrogen-bond donors (Lipinski definition) is 3. The van der Waals surface area contributed by atoms with Gasteiger partial charge in [-0.05, 0) is 27.3 Å². The number of nitrogens with one attached hydrogen (secondary N) is 2. The molecule has 0 bridgehead atoms. The molecule has 0 aromatic heterocycles. The second-order valence-corrected chi connectivity index (χ2v) is 4.04. The van der Waals surface area contributed by atoms with E-state index in [1.54, 1.807) is 14.0 Å². The molecule has 0 saturated carbocycles. The molecule has 0 aliphatic carbocycles. The van der Waals surface area contributed by atoms with Crippen LogP contribution in [0, 0.1) is 0 Å². The van der Waals surface area contributed by atoms with Gasteiger partial charge in [0, 0.05) is 6.04 Å². The molecule has 0 spiro atoms. The van der Waals surface area contributed by atoms with Crippen LogP contribution in [0.2, 0.25) is 0 Å². The summed E-state index contributed by atoms with van der Waals surface area (Å²) in [6, 6.07) is -0.697. The van der Waals surface area contributed by atoms with E-state index < -0.39 is 12.0 Å². The average Bonchev–Trinajstić information content (AvgIpc) is 2.24. The van der Waals surface area contributed by atoms with Gasteiger partial charge in [0.1, 0.15) is 0 Å². The first-order valence-electron chi connectivity index (χ1n) is 5.61. The summed E-state index contributed by atoms with van der Waals surface area (Å²) < 4.78 is 0. The standard InChI is InChI=1S/C11H22N2O3/c1-5-7(2)13-8(3)11(16)9(12-4)6-10(14)15/h7-9,12-13H,5-6H2,1-4H3,(H,14,15). The molecule has 3 unspecified atom stereocenters. The fourth-order valence-electron chi connectivity index (χ4n) is 1.45.